The van der Waals surface area contributed by atoms with Crippen molar-refractivity contribution in [1.29, 1.82) is 0 Å². The largest absolute Gasteiger partial charge is 0.472 e. The Balaban J connectivity index is 1.86. The summed E-state index contributed by atoms with van der Waals surface area (Å²) in [5.74, 6) is 0.0214. The average molecular weight is 384 g/mol. The summed E-state index contributed by atoms with van der Waals surface area (Å²) in [5, 5.41) is 6.82. The zero-order valence-corrected chi connectivity index (χ0v) is 16.1. The Bertz CT molecular complexity index is 1000. The number of carbonyl (C=O) groups excluding carboxylic acids is 1. The van der Waals surface area contributed by atoms with Crippen molar-refractivity contribution in [3.05, 3.63) is 59.0 Å². The van der Waals surface area contributed by atoms with E-state index in [1.165, 1.54) is 12.3 Å². The molecule has 0 aromatic carbocycles. The third kappa shape index (κ3) is 4.16. The van der Waals surface area contributed by atoms with E-state index in [0.29, 0.717) is 33.8 Å². The predicted molar refractivity (Wildman–Crippen MR) is 100 cm³/mol. The molecule has 0 saturated heterocycles. The fourth-order valence-electron chi connectivity index (χ4n) is 2.58. The molecule has 0 fully saturated rings. The highest BCUT2D eigenvalue weighted by Crippen LogP contribution is 2.27. The summed E-state index contributed by atoms with van der Waals surface area (Å²) in [7, 11) is 0. The van der Waals surface area contributed by atoms with Gasteiger partial charge in [-0.25, -0.2) is 9.37 Å². The van der Waals surface area contributed by atoms with Crippen LogP contribution in [0.5, 0.6) is 5.88 Å². The number of carbonyl (C=O) groups is 1. The average Bonchev–Trinajstić information content (AvgIpc) is 3.02. The van der Waals surface area contributed by atoms with Crippen molar-refractivity contribution in [2.45, 2.75) is 40.3 Å². The van der Waals surface area contributed by atoms with E-state index in [2.05, 4.69) is 20.4 Å². The lowest BCUT2D eigenvalue weighted by Crippen LogP contribution is -2.30. The molecule has 0 saturated carbocycles. The van der Waals surface area contributed by atoms with Crippen LogP contribution in [0, 0.1) is 19.7 Å². The number of aromatic nitrogens is 3. The topological polar surface area (TPSA) is 90.1 Å². The van der Waals surface area contributed by atoms with Crippen molar-refractivity contribution in [3.8, 4) is 17.1 Å². The Kier molecular flexibility index (Phi) is 5.67. The van der Waals surface area contributed by atoms with Gasteiger partial charge in [-0.1, -0.05) is 5.16 Å². The molecule has 8 heteroatoms. The summed E-state index contributed by atoms with van der Waals surface area (Å²) in [5.41, 5.74) is 2.18. The van der Waals surface area contributed by atoms with Crippen LogP contribution in [0.15, 0.2) is 35.1 Å². The van der Waals surface area contributed by atoms with Crippen LogP contribution in [0.25, 0.3) is 11.3 Å². The number of ether oxygens (including phenoxy) is 1. The van der Waals surface area contributed by atoms with Gasteiger partial charge in [0.1, 0.15) is 29.4 Å². The number of halogens is 1. The third-order valence-electron chi connectivity index (χ3n) is 4.07. The molecule has 1 N–H and O–H groups in total. The zero-order chi connectivity index (χ0) is 20.3. The van der Waals surface area contributed by atoms with Gasteiger partial charge in [0.2, 0.25) is 5.88 Å². The first-order valence-electron chi connectivity index (χ1n) is 8.83. The third-order valence-corrected chi connectivity index (χ3v) is 4.07. The van der Waals surface area contributed by atoms with Crippen LogP contribution in [-0.2, 0) is 6.61 Å². The Labute approximate surface area is 161 Å². The molecular formula is C20H21FN4O3. The van der Waals surface area contributed by atoms with Crippen LogP contribution < -0.4 is 10.1 Å². The maximum absolute atomic E-state index is 13.9. The minimum absolute atomic E-state index is 0.0172. The molecule has 3 aromatic rings. The zero-order valence-electron chi connectivity index (χ0n) is 16.1. The Morgan fingerprint density at radius 3 is 2.82 bits per heavy atom. The molecule has 0 radical (unpaired) electrons. The molecule has 0 aliphatic heterocycles. The smallest absolute Gasteiger partial charge is 0.256 e. The number of amides is 1. The quantitative estimate of drug-likeness (QED) is 0.698. The van der Waals surface area contributed by atoms with Gasteiger partial charge in [-0.05, 0) is 45.9 Å². The lowest BCUT2D eigenvalue weighted by Gasteiger charge is -2.12. The van der Waals surface area contributed by atoms with Crippen LogP contribution in [0.3, 0.4) is 0 Å². The standard InChI is InChI=1S/C20H21FN4O3/c1-11(2)24-19(26)15-6-5-7-22-20(15)27-10-16-13(4)28-25-18(16)14-8-17(21)12(3)23-9-14/h5-9,11H,10H2,1-4H3,(H,24,26). The van der Waals surface area contributed by atoms with Gasteiger partial charge in [0.25, 0.3) is 5.91 Å². The summed E-state index contributed by atoms with van der Waals surface area (Å²) in [6, 6.07) is 4.64. The minimum Gasteiger partial charge on any atom is -0.472 e. The molecule has 28 heavy (non-hydrogen) atoms. The molecule has 0 aliphatic carbocycles. The van der Waals surface area contributed by atoms with Crippen LogP contribution in [-0.4, -0.2) is 27.1 Å². The first kappa shape index (κ1) is 19.5. The predicted octanol–water partition coefficient (Wildman–Crippen LogP) is 3.60. The highest BCUT2D eigenvalue weighted by molar-refractivity contribution is 5.96. The van der Waals surface area contributed by atoms with Gasteiger partial charge in [0, 0.05) is 24.0 Å². The number of hydrogen-bond donors (Lipinski definition) is 1. The second-order valence-electron chi connectivity index (χ2n) is 6.63. The second-order valence-corrected chi connectivity index (χ2v) is 6.63. The van der Waals surface area contributed by atoms with Gasteiger partial charge in [-0.3, -0.25) is 9.78 Å². The van der Waals surface area contributed by atoms with E-state index in [-0.39, 0.29) is 24.4 Å². The molecule has 0 unspecified atom stereocenters. The Morgan fingerprint density at radius 2 is 2.11 bits per heavy atom. The van der Waals surface area contributed by atoms with Crippen molar-refractivity contribution < 1.29 is 18.4 Å². The van der Waals surface area contributed by atoms with E-state index in [1.807, 2.05) is 13.8 Å². The van der Waals surface area contributed by atoms with E-state index in [0.717, 1.165) is 0 Å². The summed E-state index contributed by atoms with van der Waals surface area (Å²) in [4.78, 5) is 20.5. The first-order chi connectivity index (χ1) is 13.4. The molecule has 0 atom stereocenters. The fourth-order valence-corrected chi connectivity index (χ4v) is 2.58. The summed E-state index contributed by atoms with van der Waals surface area (Å²) < 4.78 is 24.9. The van der Waals surface area contributed by atoms with Crippen molar-refractivity contribution in [1.82, 2.24) is 20.4 Å². The molecule has 0 spiro atoms. The van der Waals surface area contributed by atoms with Gasteiger partial charge >= 0.3 is 0 Å². The Morgan fingerprint density at radius 1 is 1.32 bits per heavy atom. The summed E-state index contributed by atoms with van der Waals surface area (Å²) in [6.07, 6.45) is 3.07. The number of aryl methyl sites for hydroxylation is 2. The SMILES string of the molecule is Cc1ncc(-c2noc(C)c2COc2ncccc2C(=O)NC(C)C)cc1F. The van der Waals surface area contributed by atoms with Crippen LogP contribution >= 0.6 is 0 Å². The highest BCUT2D eigenvalue weighted by Gasteiger charge is 2.19. The number of pyridine rings is 2. The molecule has 1 amide bonds. The number of nitrogens with zero attached hydrogens (tertiary/aromatic N) is 3. The van der Waals surface area contributed by atoms with Gasteiger partial charge in [-0.15, -0.1) is 0 Å². The van der Waals surface area contributed by atoms with E-state index < -0.39 is 5.82 Å². The van der Waals surface area contributed by atoms with E-state index >= 15 is 0 Å². The van der Waals surface area contributed by atoms with Crippen LogP contribution in [0.1, 0.15) is 41.2 Å². The van der Waals surface area contributed by atoms with Crippen molar-refractivity contribution in [3.63, 3.8) is 0 Å². The Hall–Kier alpha value is -3.29. The van der Waals surface area contributed by atoms with E-state index in [9.17, 15) is 9.18 Å². The van der Waals surface area contributed by atoms with E-state index in [1.54, 1.807) is 32.2 Å². The fraction of sp³-hybridized carbons (Fsp3) is 0.300. The van der Waals surface area contributed by atoms with Crippen LogP contribution in [0.4, 0.5) is 4.39 Å². The summed E-state index contributed by atoms with van der Waals surface area (Å²) in [6.45, 7) is 7.12. The normalized spacial score (nSPS) is 10.9. The molecule has 3 heterocycles. The molecule has 7 nitrogen and oxygen atoms in total. The number of nitrogens with one attached hydrogen (secondary N) is 1. The molecular weight excluding hydrogens is 363 g/mol. The van der Waals surface area contributed by atoms with Gasteiger partial charge < -0.3 is 14.6 Å². The maximum atomic E-state index is 13.9. The van der Waals surface area contributed by atoms with Crippen molar-refractivity contribution in [2.75, 3.05) is 0 Å². The molecule has 0 bridgehead atoms. The minimum atomic E-state index is -0.428. The highest BCUT2D eigenvalue weighted by atomic mass is 19.1. The first-order valence-corrected chi connectivity index (χ1v) is 8.83. The maximum Gasteiger partial charge on any atom is 0.256 e. The molecule has 3 rings (SSSR count). The van der Waals surface area contributed by atoms with Crippen molar-refractivity contribution in [2.24, 2.45) is 0 Å². The van der Waals surface area contributed by atoms with Gasteiger partial charge in [-0.2, -0.15) is 0 Å². The number of rotatable bonds is 6. The van der Waals surface area contributed by atoms with Crippen molar-refractivity contribution >= 4 is 5.91 Å². The molecule has 3 aromatic heterocycles. The van der Waals surface area contributed by atoms with Gasteiger partial charge in [0.05, 0.1) is 11.3 Å². The number of hydrogen-bond acceptors (Lipinski definition) is 6. The van der Waals surface area contributed by atoms with E-state index in [4.69, 9.17) is 9.26 Å². The van der Waals surface area contributed by atoms with Gasteiger partial charge in [0.15, 0.2) is 0 Å². The molecule has 146 valence electrons. The second kappa shape index (κ2) is 8.16. The monoisotopic (exact) mass is 384 g/mol. The molecule has 0 aliphatic rings. The lowest BCUT2D eigenvalue weighted by atomic mass is 10.1. The summed E-state index contributed by atoms with van der Waals surface area (Å²) >= 11 is 0. The van der Waals surface area contributed by atoms with Crippen LogP contribution in [0.2, 0.25) is 0 Å². The lowest BCUT2D eigenvalue weighted by molar-refractivity contribution is 0.0937.